The van der Waals surface area contributed by atoms with E-state index in [0.29, 0.717) is 0 Å². The van der Waals surface area contributed by atoms with Gasteiger partial charge in [-0.05, 0) is 43.7 Å². The van der Waals surface area contributed by atoms with Gasteiger partial charge in [-0.25, -0.2) is 4.79 Å². The number of benzene rings is 1. The number of amides is 2. The zero-order chi connectivity index (χ0) is 13.7. The summed E-state index contributed by atoms with van der Waals surface area (Å²) in [6.45, 7) is 4.19. The number of urea groups is 1. The first-order valence-electron chi connectivity index (χ1n) is 7.35. The average Bonchev–Trinajstić information content (AvgIpc) is 2.39. The van der Waals surface area contributed by atoms with Crippen molar-refractivity contribution in [1.82, 2.24) is 10.6 Å². The molecule has 0 saturated carbocycles. The van der Waals surface area contributed by atoms with E-state index in [0.717, 1.165) is 32.1 Å². The second kappa shape index (κ2) is 6.60. The predicted octanol–water partition coefficient (Wildman–Crippen LogP) is 3.55. The van der Waals surface area contributed by atoms with Gasteiger partial charge in [-0.15, -0.1) is 0 Å². The molecule has 0 radical (unpaired) electrons. The molecule has 3 heteroatoms. The lowest BCUT2D eigenvalue weighted by atomic mass is 9.88. The van der Waals surface area contributed by atoms with E-state index >= 15 is 0 Å². The normalized spacial score (nSPS) is 19.4. The number of carbonyl (C=O) groups is 1. The van der Waals surface area contributed by atoms with Crippen molar-refractivity contribution in [3.63, 3.8) is 0 Å². The minimum absolute atomic E-state index is 0.0392. The zero-order valence-electron chi connectivity index (χ0n) is 11.9. The molecule has 2 unspecified atom stereocenters. The Bertz CT molecular complexity index is 431. The third kappa shape index (κ3) is 3.72. The number of aryl methyl sites for hydroxylation is 1. The van der Waals surface area contributed by atoms with Crippen LogP contribution in [-0.4, -0.2) is 12.1 Å². The fourth-order valence-electron chi connectivity index (χ4n) is 2.83. The van der Waals surface area contributed by atoms with Gasteiger partial charge in [0.15, 0.2) is 0 Å². The standard InChI is InChI=1S/C16H24N2O/c1-3-7-12(2)17-16(19)18-15-11-6-9-13-8-4-5-10-14(13)15/h4-5,8,10,12,15H,3,6-7,9,11H2,1-2H3,(H2,17,18,19). The molecule has 1 aliphatic rings. The Morgan fingerprint density at radius 3 is 3.00 bits per heavy atom. The molecule has 0 aromatic heterocycles. The van der Waals surface area contributed by atoms with Crippen LogP contribution in [0, 0.1) is 0 Å². The molecule has 2 N–H and O–H groups in total. The minimum Gasteiger partial charge on any atom is -0.336 e. The van der Waals surface area contributed by atoms with Crippen molar-refractivity contribution in [3.05, 3.63) is 35.4 Å². The second-order valence-corrected chi connectivity index (χ2v) is 5.45. The number of fused-ring (bicyclic) bond motifs is 1. The molecule has 104 valence electrons. The van der Waals surface area contributed by atoms with Gasteiger partial charge in [0.05, 0.1) is 6.04 Å². The van der Waals surface area contributed by atoms with Gasteiger partial charge < -0.3 is 10.6 Å². The first-order valence-corrected chi connectivity index (χ1v) is 7.35. The molecule has 0 aliphatic heterocycles. The molecule has 1 aromatic rings. The van der Waals surface area contributed by atoms with Gasteiger partial charge in [-0.3, -0.25) is 0 Å². The van der Waals surface area contributed by atoms with Crippen molar-refractivity contribution in [2.75, 3.05) is 0 Å². The molecule has 2 atom stereocenters. The monoisotopic (exact) mass is 260 g/mol. The molecule has 0 fully saturated rings. The molecular formula is C16H24N2O. The molecule has 1 aliphatic carbocycles. The van der Waals surface area contributed by atoms with Crippen LogP contribution in [-0.2, 0) is 6.42 Å². The Labute approximate surface area is 115 Å². The zero-order valence-corrected chi connectivity index (χ0v) is 11.9. The van der Waals surface area contributed by atoms with Crippen molar-refractivity contribution in [2.24, 2.45) is 0 Å². The van der Waals surface area contributed by atoms with E-state index in [2.05, 4.69) is 48.7 Å². The highest BCUT2D eigenvalue weighted by Gasteiger charge is 2.21. The summed E-state index contributed by atoms with van der Waals surface area (Å²) >= 11 is 0. The summed E-state index contributed by atoms with van der Waals surface area (Å²) in [6, 6.07) is 8.79. The third-order valence-corrected chi connectivity index (χ3v) is 3.77. The molecule has 0 bridgehead atoms. The Balaban J connectivity index is 1.95. The Kier molecular flexibility index (Phi) is 4.83. The van der Waals surface area contributed by atoms with E-state index in [-0.39, 0.29) is 18.1 Å². The lowest BCUT2D eigenvalue weighted by molar-refractivity contribution is 0.231. The van der Waals surface area contributed by atoms with Gasteiger partial charge in [-0.1, -0.05) is 37.6 Å². The summed E-state index contributed by atoms with van der Waals surface area (Å²) in [6.07, 6.45) is 5.42. The van der Waals surface area contributed by atoms with Crippen molar-refractivity contribution in [1.29, 1.82) is 0 Å². The summed E-state index contributed by atoms with van der Waals surface area (Å²) in [4.78, 5) is 12.0. The van der Waals surface area contributed by atoms with Crippen molar-refractivity contribution in [2.45, 2.75) is 58.0 Å². The highest BCUT2D eigenvalue weighted by molar-refractivity contribution is 5.74. The Hall–Kier alpha value is -1.51. The molecule has 1 aromatic carbocycles. The van der Waals surface area contributed by atoms with Gasteiger partial charge in [-0.2, -0.15) is 0 Å². The molecule has 3 nitrogen and oxygen atoms in total. The van der Waals surface area contributed by atoms with Crippen molar-refractivity contribution in [3.8, 4) is 0 Å². The van der Waals surface area contributed by atoms with E-state index < -0.39 is 0 Å². The highest BCUT2D eigenvalue weighted by Crippen LogP contribution is 2.29. The number of nitrogens with one attached hydrogen (secondary N) is 2. The summed E-state index contributed by atoms with van der Waals surface area (Å²) in [5.41, 5.74) is 2.66. The van der Waals surface area contributed by atoms with Crippen LogP contribution in [0.15, 0.2) is 24.3 Å². The first-order chi connectivity index (χ1) is 9.20. The number of hydrogen-bond donors (Lipinski definition) is 2. The predicted molar refractivity (Wildman–Crippen MR) is 78.2 cm³/mol. The summed E-state index contributed by atoms with van der Waals surface area (Å²) in [7, 11) is 0. The van der Waals surface area contributed by atoms with Crippen LogP contribution in [0.5, 0.6) is 0 Å². The van der Waals surface area contributed by atoms with E-state index in [1.54, 1.807) is 0 Å². The quantitative estimate of drug-likeness (QED) is 0.854. The molecule has 0 saturated heterocycles. The maximum atomic E-state index is 12.0. The third-order valence-electron chi connectivity index (χ3n) is 3.77. The van der Waals surface area contributed by atoms with Crippen LogP contribution in [0.4, 0.5) is 4.79 Å². The molecular weight excluding hydrogens is 236 g/mol. The van der Waals surface area contributed by atoms with Crippen LogP contribution < -0.4 is 10.6 Å². The van der Waals surface area contributed by atoms with Gasteiger partial charge in [0.25, 0.3) is 0 Å². The fraction of sp³-hybridized carbons (Fsp3) is 0.562. The lowest BCUT2D eigenvalue weighted by Crippen LogP contribution is -2.43. The van der Waals surface area contributed by atoms with Gasteiger partial charge in [0.2, 0.25) is 0 Å². The maximum absolute atomic E-state index is 12.0. The summed E-state index contributed by atoms with van der Waals surface area (Å²) in [5.74, 6) is 0. The van der Waals surface area contributed by atoms with Crippen LogP contribution in [0.1, 0.15) is 56.7 Å². The van der Waals surface area contributed by atoms with Crippen LogP contribution in [0.25, 0.3) is 0 Å². The fourth-order valence-corrected chi connectivity index (χ4v) is 2.83. The van der Waals surface area contributed by atoms with E-state index in [1.807, 2.05) is 0 Å². The van der Waals surface area contributed by atoms with Crippen LogP contribution >= 0.6 is 0 Å². The molecule has 0 spiro atoms. The smallest absolute Gasteiger partial charge is 0.315 e. The number of carbonyl (C=O) groups excluding carboxylic acids is 1. The van der Waals surface area contributed by atoms with Crippen LogP contribution in [0.2, 0.25) is 0 Å². The Morgan fingerprint density at radius 1 is 1.42 bits per heavy atom. The Morgan fingerprint density at radius 2 is 2.21 bits per heavy atom. The maximum Gasteiger partial charge on any atom is 0.315 e. The first kappa shape index (κ1) is 13.9. The highest BCUT2D eigenvalue weighted by atomic mass is 16.2. The number of rotatable bonds is 4. The molecule has 2 amide bonds. The van der Waals surface area contributed by atoms with Gasteiger partial charge in [0.1, 0.15) is 0 Å². The minimum atomic E-state index is -0.0392. The van der Waals surface area contributed by atoms with Crippen molar-refractivity contribution >= 4 is 6.03 Å². The number of hydrogen-bond acceptors (Lipinski definition) is 1. The summed E-state index contributed by atoms with van der Waals surface area (Å²) < 4.78 is 0. The summed E-state index contributed by atoms with van der Waals surface area (Å²) in [5, 5.41) is 6.12. The van der Waals surface area contributed by atoms with Crippen molar-refractivity contribution < 1.29 is 4.79 Å². The van der Waals surface area contributed by atoms with Gasteiger partial charge >= 0.3 is 6.03 Å². The van der Waals surface area contributed by atoms with E-state index in [4.69, 9.17) is 0 Å². The van der Waals surface area contributed by atoms with E-state index in [9.17, 15) is 4.79 Å². The lowest BCUT2D eigenvalue weighted by Gasteiger charge is -2.27. The molecule has 19 heavy (non-hydrogen) atoms. The largest absolute Gasteiger partial charge is 0.336 e. The van der Waals surface area contributed by atoms with Gasteiger partial charge in [0, 0.05) is 6.04 Å². The van der Waals surface area contributed by atoms with Crippen LogP contribution in [0.3, 0.4) is 0 Å². The van der Waals surface area contributed by atoms with E-state index in [1.165, 1.54) is 11.1 Å². The SMILES string of the molecule is CCCC(C)NC(=O)NC1CCCc2ccccc21. The average molecular weight is 260 g/mol. The second-order valence-electron chi connectivity index (χ2n) is 5.45. The molecule has 0 heterocycles. The molecule has 2 rings (SSSR count). The topological polar surface area (TPSA) is 41.1 Å².